The number of halogens is 3. The van der Waals surface area contributed by atoms with Crippen LogP contribution in [0.15, 0.2) is 54.9 Å². The summed E-state index contributed by atoms with van der Waals surface area (Å²) in [6.07, 6.45) is -0.318. The van der Waals surface area contributed by atoms with Crippen molar-refractivity contribution in [3.8, 4) is 0 Å². The van der Waals surface area contributed by atoms with Crippen LogP contribution in [0.3, 0.4) is 0 Å². The van der Waals surface area contributed by atoms with E-state index >= 15 is 0 Å². The molecular weight excluding hydrogens is 453 g/mol. The van der Waals surface area contributed by atoms with Crippen LogP contribution in [0, 0.1) is 0 Å². The molecule has 0 saturated carbocycles. The first-order valence-electron chi connectivity index (χ1n) is 11.6. The van der Waals surface area contributed by atoms with Gasteiger partial charge >= 0.3 is 6.18 Å². The molecule has 0 unspecified atom stereocenters. The van der Waals surface area contributed by atoms with E-state index in [1.807, 2.05) is 44.2 Å². The highest BCUT2D eigenvalue weighted by Gasteiger charge is 2.36. The van der Waals surface area contributed by atoms with Crippen molar-refractivity contribution in [3.63, 3.8) is 0 Å². The van der Waals surface area contributed by atoms with Crippen molar-refractivity contribution in [3.05, 3.63) is 77.5 Å². The van der Waals surface area contributed by atoms with E-state index < -0.39 is 11.7 Å². The molecule has 3 aromatic heterocycles. The number of benzene rings is 1. The Morgan fingerprint density at radius 3 is 2.57 bits per heavy atom. The minimum Gasteiger partial charge on any atom is -0.355 e. The van der Waals surface area contributed by atoms with Crippen LogP contribution in [0.2, 0.25) is 0 Å². The van der Waals surface area contributed by atoms with Gasteiger partial charge in [0.05, 0.1) is 28.7 Å². The van der Waals surface area contributed by atoms with Crippen molar-refractivity contribution in [2.24, 2.45) is 0 Å². The zero-order valence-electron chi connectivity index (χ0n) is 19.5. The molecular formula is C26H25F3N6. The number of nitrogens with zero attached hydrogens (tertiary/aromatic N) is 5. The Balaban J connectivity index is 1.49. The lowest BCUT2D eigenvalue weighted by molar-refractivity contribution is -0.137. The van der Waals surface area contributed by atoms with Crippen molar-refractivity contribution >= 4 is 28.2 Å². The van der Waals surface area contributed by atoms with Crippen molar-refractivity contribution < 1.29 is 13.2 Å². The van der Waals surface area contributed by atoms with Crippen LogP contribution in [0.1, 0.15) is 42.4 Å². The molecule has 6 nitrogen and oxygen atoms in total. The molecule has 4 aromatic rings. The SMILES string of the molecule is CC(C)c1nc2c(c(Nc3cnc4ccccc4c3)n1)CCN(c1ncccc1C(F)(F)F)CC2. The van der Waals surface area contributed by atoms with Crippen LogP contribution in [0.5, 0.6) is 0 Å². The van der Waals surface area contributed by atoms with Gasteiger partial charge in [-0.3, -0.25) is 4.98 Å². The fourth-order valence-corrected chi connectivity index (χ4v) is 4.34. The maximum absolute atomic E-state index is 13.6. The van der Waals surface area contributed by atoms with E-state index in [1.54, 1.807) is 11.1 Å². The fraction of sp³-hybridized carbons (Fsp3) is 0.308. The molecule has 1 N–H and O–H groups in total. The number of hydrogen-bond acceptors (Lipinski definition) is 6. The maximum atomic E-state index is 13.6. The van der Waals surface area contributed by atoms with Gasteiger partial charge in [0.1, 0.15) is 17.5 Å². The first-order valence-corrected chi connectivity index (χ1v) is 11.6. The largest absolute Gasteiger partial charge is 0.419 e. The molecule has 0 saturated heterocycles. The third-order valence-corrected chi connectivity index (χ3v) is 6.12. The highest BCUT2D eigenvalue weighted by atomic mass is 19.4. The average Bonchev–Trinajstić information content (AvgIpc) is 3.06. The Morgan fingerprint density at radius 2 is 1.77 bits per heavy atom. The van der Waals surface area contributed by atoms with E-state index in [9.17, 15) is 13.2 Å². The van der Waals surface area contributed by atoms with Crippen LogP contribution in [-0.4, -0.2) is 33.0 Å². The molecule has 0 amide bonds. The molecule has 0 bridgehead atoms. The fourth-order valence-electron chi connectivity index (χ4n) is 4.34. The Hall–Kier alpha value is -3.75. The second-order valence-corrected chi connectivity index (χ2v) is 8.91. The molecule has 0 aliphatic carbocycles. The van der Waals surface area contributed by atoms with Crippen molar-refractivity contribution in [1.29, 1.82) is 0 Å². The third-order valence-electron chi connectivity index (χ3n) is 6.12. The molecule has 35 heavy (non-hydrogen) atoms. The van der Waals surface area contributed by atoms with E-state index in [0.717, 1.165) is 33.9 Å². The summed E-state index contributed by atoms with van der Waals surface area (Å²) in [6, 6.07) is 12.3. The zero-order chi connectivity index (χ0) is 24.6. The minimum atomic E-state index is -4.47. The lowest BCUT2D eigenvalue weighted by Crippen LogP contribution is -2.29. The second kappa shape index (κ2) is 9.13. The molecule has 4 heterocycles. The predicted molar refractivity (Wildman–Crippen MR) is 130 cm³/mol. The quantitative estimate of drug-likeness (QED) is 0.393. The summed E-state index contributed by atoms with van der Waals surface area (Å²) in [5.74, 6) is 1.43. The van der Waals surface area contributed by atoms with Crippen LogP contribution < -0.4 is 10.2 Å². The van der Waals surface area contributed by atoms with E-state index in [-0.39, 0.29) is 11.7 Å². The predicted octanol–water partition coefficient (Wildman–Crippen LogP) is 5.91. The Kier molecular flexibility index (Phi) is 6.00. The molecule has 0 radical (unpaired) electrons. The summed E-state index contributed by atoms with van der Waals surface area (Å²) >= 11 is 0. The number of pyridine rings is 2. The van der Waals surface area contributed by atoms with Crippen LogP contribution in [-0.2, 0) is 19.0 Å². The third kappa shape index (κ3) is 4.76. The molecule has 5 rings (SSSR count). The van der Waals surface area contributed by atoms with Gasteiger partial charge in [-0.1, -0.05) is 32.0 Å². The molecule has 180 valence electrons. The van der Waals surface area contributed by atoms with E-state index in [2.05, 4.69) is 15.3 Å². The molecule has 1 aliphatic rings. The van der Waals surface area contributed by atoms with Gasteiger partial charge in [-0.25, -0.2) is 15.0 Å². The highest BCUT2D eigenvalue weighted by molar-refractivity contribution is 5.82. The van der Waals surface area contributed by atoms with Crippen LogP contribution in [0.4, 0.5) is 30.5 Å². The molecule has 1 aliphatic heterocycles. The molecule has 1 aromatic carbocycles. The van der Waals surface area contributed by atoms with Crippen molar-refractivity contribution in [2.75, 3.05) is 23.3 Å². The van der Waals surface area contributed by atoms with Crippen molar-refractivity contribution in [1.82, 2.24) is 19.9 Å². The zero-order valence-corrected chi connectivity index (χ0v) is 19.5. The summed E-state index contributed by atoms with van der Waals surface area (Å²) in [6.45, 7) is 4.81. The number of para-hydroxylation sites is 1. The number of fused-ring (bicyclic) bond motifs is 2. The Bertz CT molecular complexity index is 1370. The van der Waals surface area contributed by atoms with Gasteiger partial charge in [-0.2, -0.15) is 13.2 Å². The van der Waals surface area contributed by atoms with Gasteiger partial charge in [-0.05, 0) is 30.7 Å². The van der Waals surface area contributed by atoms with E-state index in [1.165, 1.54) is 12.3 Å². The van der Waals surface area contributed by atoms with Crippen molar-refractivity contribution in [2.45, 2.75) is 38.8 Å². The Labute approximate surface area is 201 Å². The van der Waals surface area contributed by atoms with Crippen LogP contribution >= 0.6 is 0 Å². The highest BCUT2D eigenvalue weighted by Crippen LogP contribution is 2.36. The van der Waals surface area contributed by atoms with Gasteiger partial charge in [0, 0.05) is 42.6 Å². The number of hydrogen-bond donors (Lipinski definition) is 1. The van der Waals surface area contributed by atoms with E-state index in [4.69, 9.17) is 9.97 Å². The van der Waals surface area contributed by atoms with Gasteiger partial charge in [0.25, 0.3) is 0 Å². The van der Waals surface area contributed by atoms with Gasteiger partial charge in [-0.15, -0.1) is 0 Å². The number of rotatable bonds is 4. The topological polar surface area (TPSA) is 66.8 Å². The van der Waals surface area contributed by atoms with Gasteiger partial charge in [0.2, 0.25) is 0 Å². The lowest BCUT2D eigenvalue weighted by atomic mass is 10.1. The number of aromatic nitrogens is 4. The maximum Gasteiger partial charge on any atom is 0.419 e. The Morgan fingerprint density at radius 1 is 0.971 bits per heavy atom. The standard InChI is InChI=1S/C26H25F3N6/c1-16(2)23-33-22-10-13-35(25-20(26(27,28)29)7-5-11-30-25)12-9-19(22)24(34-23)32-18-14-17-6-3-4-8-21(17)31-15-18/h3-8,11,14-16H,9-10,12-13H2,1-2H3,(H,32,33,34). The van der Waals surface area contributed by atoms with Gasteiger partial charge in [0.15, 0.2) is 0 Å². The first-order chi connectivity index (χ1) is 16.8. The molecule has 0 atom stereocenters. The molecule has 0 spiro atoms. The smallest absolute Gasteiger partial charge is 0.355 e. The summed E-state index contributed by atoms with van der Waals surface area (Å²) in [5.41, 5.74) is 2.74. The first kappa shape index (κ1) is 23.0. The van der Waals surface area contributed by atoms with Gasteiger partial charge < -0.3 is 10.2 Å². The number of nitrogens with one attached hydrogen (secondary N) is 1. The molecule has 0 fully saturated rings. The van der Waals surface area contributed by atoms with E-state index in [0.29, 0.717) is 37.6 Å². The van der Waals surface area contributed by atoms with Crippen LogP contribution in [0.25, 0.3) is 10.9 Å². The summed E-state index contributed by atoms with van der Waals surface area (Å²) in [4.78, 5) is 19.9. The number of anilines is 3. The normalized spacial score (nSPS) is 14.2. The molecule has 9 heteroatoms. The lowest BCUT2D eigenvalue weighted by Gasteiger charge is -2.24. The summed E-state index contributed by atoms with van der Waals surface area (Å²) in [7, 11) is 0. The summed E-state index contributed by atoms with van der Waals surface area (Å²) in [5, 5.41) is 4.41. The number of alkyl halides is 3. The summed E-state index contributed by atoms with van der Waals surface area (Å²) < 4.78 is 40.9. The minimum absolute atomic E-state index is 0.0434. The monoisotopic (exact) mass is 478 g/mol. The average molecular weight is 479 g/mol. The second-order valence-electron chi connectivity index (χ2n) is 8.91.